The van der Waals surface area contributed by atoms with Gasteiger partial charge in [-0.15, -0.1) is 0 Å². The van der Waals surface area contributed by atoms with E-state index in [9.17, 15) is 0 Å². The predicted molar refractivity (Wildman–Crippen MR) is 134 cm³/mol. The summed E-state index contributed by atoms with van der Waals surface area (Å²) in [6, 6.07) is 3.81. The number of anilines is 1. The summed E-state index contributed by atoms with van der Waals surface area (Å²) in [7, 11) is 3.25. The average molecular weight is 489 g/mol. The van der Waals surface area contributed by atoms with Crippen molar-refractivity contribution < 1.29 is 14.2 Å². The third-order valence-electron chi connectivity index (χ3n) is 5.97. The summed E-state index contributed by atoms with van der Waals surface area (Å²) < 4.78 is 16.7. The number of fused-ring (bicyclic) bond motifs is 1. The summed E-state index contributed by atoms with van der Waals surface area (Å²) in [6.07, 6.45) is 6.61. The number of benzene rings is 1. The Kier molecular flexibility index (Phi) is 7.78. The SMILES string of the molecule is CCc1c(OC)cc(OC)c(Cl)c1-c1cc2cnc(SC)nc2c(NCC2CCOCC2)n1. The number of hydrogen-bond donors (Lipinski definition) is 1. The Morgan fingerprint density at radius 2 is 1.91 bits per heavy atom. The molecule has 33 heavy (non-hydrogen) atoms. The number of pyridine rings is 1. The van der Waals surface area contributed by atoms with E-state index in [0.29, 0.717) is 21.8 Å². The van der Waals surface area contributed by atoms with Gasteiger partial charge in [0.25, 0.3) is 0 Å². The van der Waals surface area contributed by atoms with Crippen molar-refractivity contribution in [3.05, 3.63) is 28.9 Å². The lowest BCUT2D eigenvalue weighted by molar-refractivity contribution is 0.0699. The van der Waals surface area contributed by atoms with Crippen LogP contribution < -0.4 is 14.8 Å². The highest BCUT2D eigenvalue weighted by atomic mass is 35.5. The van der Waals surface area contributed by atoms with Gasteiger partial charge >= 0.3 is 0 Å². The Hall–Kier alpha value is -2.29. The number of rotatable bonds is 8. The minimum atomic E-state index is 0.513. The Bertz CT molecular complexity index is 1140. The van der Waals surface area contributed by atoms with E-state index >= 15 is 0 Å². The molecule has 7 nitrogen and oxygen atoms in total. The molecule has 4 rings (SSSR count). The van der Waals surface area contributed by atoms with Crippen molar-refractivity contribution in [1.82, 2.24) is 15.0 Å². The Labute approximate surface area is 203 Å². The van der Waals surface area contributed by atoms with Crippen LogP contribution in [0.3, 0.4) is 0 Å². The lowest BCUT2D eigenvalue weighted by Gasteiger charge is -2.23. The number of aromatic nitrogens is 3. The van der Waals surface area contributed by atoms with Gasteiger partial charge in [0.15, 0.2) is 11.0 Å². The Morgan fingerprint density at radius 3 is 2.58 bits per heavy atom. The number of nitrogens with one attached hydrogen (secondary N) is 1. The first-order valence-corrected chi connectivity index (χ1v) is 12.7. The van der Waals surface area contributed by atoms with Crippen molar-refractivity contribution in [2.24, 2.45) is 5.92 Å². The molecule has 1 saturated heterocycles. The molecule has 1 N–H and O–H groups in total. The van der Waals surface area contributed by atoms with Gasteiger partial charge in [-0.25, -0.2) is 15.0 Å². The second-order valence-electron chi connectivity index (χ2n) is 7.89. The monoisotopic (exact) mass is 488 g/mol. The summed E-state index contributed by atoms with van der Waals surface area (Å²) in [5.41, 5.74) is 3.32. The van der Waals surface area contributed by atoms with E-state index in [1.54, 1.807) is 14.2 Å². The molecular formula is C24H29ClN4O3S. The van der Waals surface area contributed by atoms with E-state index in [1.807, 2.05) is 24.6 Å². The highest BCUT2D eigenvalue weighted by Gasteiger charge is 2.22. The van der Waals surface area contributed by atoms with E-state index < -0.39 is 0 Å². The molecule has 176 valence electrons. The third-order valence-corrected chi connectivity index (χ3v) is 6.91. The fraction of sp³-hybridized carbons (Fsp3) is 0.458. The number of ether oxygens (including phenoxy) is 3. The van der Waals surface area contributed by atoms with E-state index in [2.05, 4.69) is 17.2 Å². The maximum atomic E-state index is 6.82. The fourth-order valence-corrected chi connectivity index (χ4v) is 4.84. The normalized spacial score (nSPS) is 14.5. The molecule has 0 radical (unpaired) electrons. The standard InChI is InChI=1S/C24H29ClN4O3S/c1-5-16-18(30-2)11-19(31-3)21(25)20(16)17-10-15-13-27-24(33-4)29-22(15)23(28-17)26-12-14-6-8-32-9-7-14/h10-11,13-14H,5-9,12H2,1-4H3,(H,26,28). The number of methoxy groups -OCH3 is 2. The Morgan fingerprint density at radius 1 is 1.15 bits per heavy atom. The molecule has 0 atom stereocenters. The van der Waals surface area contributed by atoms with Crippen LogP contribution in [0.4, 0.5) is 5.82 Å². The number of hydrogen-bond acceptors (Lipinski definition) is 8. The first-order valence-electron chi connectivity index (χ1n) is 11.1. The van der Waals surface area contributed by atoms with Gasteiger partial charge in [-0.05, 0) is 37.5 Å². The molecule has 0 amide bonds. The van der Waals surface area contributed by atoms with Crippen LogP contribution in [0.25, 0.3) is 22.2 Å². The molecule has 0 bridgehead atoms. The van der Waals surface area contributed by atoms with Crippen LogP contribution in [-0.2, 0) is 11.2 Å². The summed E-state index contributed by atoms with van der Waals surface area (Å²) in [5.74, 6) is 2.54. The molecule has 1 aromatic carbocycles. The van der Waals surface area contributed by atoms with Crippen molar-refractivity contribution in [3.8, 4) is 22.8 Å². The Balaban J connectivity index is 1.86. The van der Waals surface area contributed by atoms with Crippen molar-refractivity contribution >= 4 is 40.1 Å². The molecule has 1 aliphatic heterocycles. The first-order chi connectivity index (χ1) is 16.1. The van der Waals surface area contributed by atoms with Crippen LogP contribution in [-0.4, -0.2) is 55.2 Å². The second kappa shape index (κ2) is 10.8. The minimum Gasteiger partial charge on any atom is -0.496 e. The minimum absolute atomic E-state index is 0.513. The molecule has 0 spiro atoms. The van der Waals surface area contributed by atoms with Gasteiger partial charge in [0.05, 0.1) is 24.9 Å². The van der Waals surface area contributed by atoms with Gasteiger partial charge in [0.1, 0.15) is 17.0 Å². The second-order valence-corrected chi connectivity index (χ2v) is 9.04. The van der Waals surface area contributed by atoms with Crippen LogP contribution in [0.15, 0.2) is 23.5 Å². The van der Waals surface area contributed by atoms with Gasteiger partial charge in [-0.1, -0.05) is 30.3 Å². The molecule has 1 aliphatic rings. The van der Waals surface area contributed by atoms with E-state index in [4.69, 9.17) is 35.8 Å². The highest BCUT2D eigenvalue weighted by Crippen LogP contribution is 2.44. The largest absolute Gasteiger partial charge is 0.496 e. The number of thioether (sulfide) groups is 1. The zero-order valence-corrected chi connectivity index (χ0v) is 21.0. The lowest BCUT2D eigenvalue weighted by Crippen LogP contribution is -2.23. The van der Waals surface area contributed by atoms with Crippen LogP contribution in [0.2, 0.25) is 5.02 Å². The van der Waals surface area contributed by atoms with Gasteiger partial charge < -0.3 is 19.5 Å². The van der Waals surface area contributed by atoms with Crippen molar-refractivity contribution in [2.75, 3.05) is 45.6 Å². The van der Waals surface area contributed by atoms with E-state index in [1.165, 1.54) is 11.8 Å². The fourth-order valence-electron chi connectivity index (χ4n) is 4.16. The number of halogens is 1. The molecule has 9 heteroatoms. The predicted octanol–water partition coefficient (Wildman–Crippen LogP) is 5.49. The van der Waals surface area contributed by atoms with Gasteiger partial charge in [0, 0.05) is 48.5 Å². The molecule has 0 aliphatic carbocycles. The summed E-state index contributed by atoms with van der Waals surface area (Å²) >= 11 is 8.33. The lowest BCUT2D eigenvalue weighted by atomic mass is 9.98. The summed E-state index contributed by atoms with van der Waals surface area (Å²) in [4.78, 5) is 14.2. The zero-order valence-electron chi connectivity index (χ0n) is 19.4. The van der Waals surface area contributed by atoms with Crippen LogP contribution in [0.5, 0.6) is 11.5 Å². The van der Waals surface area contributed by atoms with E-state index in [-0.39, 0.29) is 0 Å². The third kappa shape index (κ3) is 4.98. The topological polar surface area (TPSA) is 78.4 Å². The smallest absolute Gasteiger partial charge is 0.187 e. The van der Waals surface area contributed by atoms with E-state index in [0.717, 1.165) is 78.3 Å². The molecular weight excluding hydrogens is 460 g/mol. The van der Waals surface area contributed by atoms with Crippen molar-refractivity contribution in [1.29, 1.82) is 0 Å². The molecule has 3 heterocycles. The van der Waals surface area contributed by atoms with Crippen molar-refractivity contribution in [3.63, 3.8) is 0 Å². The molecule has 1 fully saturated rings. The molecule has 0 unspecified atom stereocenters. The average Bonchev–Trinajstić information content (AvgIpc) is 2.86. The number of nitrogens with zero attached hydrogens (tertiary/aromatic N) is 3. The molecule has 2 aromatic heterocycles. The van der Waals surface area contributed by atoms with Crippen molar-refractivity contribution in [2.45, 2.75) is 31.3 Å². The summed E-state index contributed by atoms with van der Waals surface area (Å²) in [6.45, 7) is 4.49. The van der Waals surface area contributed by atoms with Crippen LogP contribution >= 0.6 is 23.4 Å². The highest BCUT2D eigenvalue weighted by molar-refractivity contribution is 7.98. The maximum Gasteiger partial charge on any atom is 0.187 e. The van der Waals surface area contributed by atoms with Gasteiger partial charge in [-0.2, -0.15) is 0 Å². The van der Waals surface area contributed by atoms with Crippen LogP contribution in [0.1, 0.15) is 25.3 Å². The molecule has 0 saturated carbocycles. The first kappa shape index (κ1) is 23.9. The van der Waals surface area contributed by atoms with Gasteiger partial charge in [-0.3, -0.25) is 0 Å². The van der Waals surface area contributed by atoms with Crippen LogP contribution in [0, 0.1) is 5.92 Å². The summed E-state index contributed by atoms with van der Waals surface area (Å²) in [5, 5.41) is 5.68. The molecule has 3 aromatic rings. The maximum absolute atomic E-state index is 6.82. The quantitative estimate of drug-likeness (QED) is 0.329. The van der Waals surface area contributed by atoms with Gasteiger partial charge in [0.2, 0.25) is 0 Å². The zero-order chi connectivity index (χ0) is 23.4.